The molecule has 1 aromatic heterocycles. The average Bonchev–Trinajstić information content (AvgIpc) is 3.27. The van der Waals surface area contributed by atoms with E-state index in [1.165, 1.54) is 25.6 Å². The molecule has 2 N–H and O–H groups in total. The molecule has 0 radical (unpaired) electrons. The smallest absolute Gasteiger partial charge is 0.341 e. The molecule has 0 saturated heterocycles. The molecule has 0 bridgehead atoms. The number of hydrogen-bond donors (Lipinski definition) is 2. The van der Waals surface area contributed by atoms with Gasteiger partial charge in [-0.2, -0.15) is 0 Å². The first-order chi connectivity index (χ1) is 14.0. The van der Waals surface area contributed by atoms with Crippen molar-refractivity contribution in [1.82, 2.24) is 5.32 Å². The van der Waals surface area contributed by atoms with Crippen LogP contribution in [0.1, 0.15) is 44.5 Å². The van der Waals surface area contributed by atoms with Crippen LogP contribution in [0.2, 0.25) is 0 Å². The van der Waals surface area contributed by atoms with E-state index in [0.29, 0.717) is 22.1 Å². The molecule has 0 atom stereocenters. The number of methoxy groups -OCH3 is 2. The van der Waals surface area contributed by atoms with Gasteiger partial charge in [0.1, 0.15) is 22.1 Å². The van der Waals surface area contributed by atoms with E-state index in [-0.39, 0.29) is 23.3 Å². The molecule has 0 fully saturated rings. The predicted octanol–water partition coefficient (Wildman–Crippen LogP) is 3.56. The average molecular weight is 435 g/mol. The van der Waals surface area contributed by atoms with Crippen LogP contribution in [0.25, 0.3) is 0 Å². The minimum absolute atomic E-state index is 0.0773. The number of nitrogens with one attached hydrogen (secondary N) is 2. The summed E-state index contributed by atoms with van der Waals surface area (Å²) in [5.41, 5.74) is 1.76. The van der Waals surface area contributed by atoms with Gasteiger partial charge in [-0.1, -0.05) is 6.07 Å². The van der Waals surface area contributed by atoms with Crippen LogP contribution in [0, 0.1) is 0 Å². The lowest BCUT2D eigenvalue weighted by Crippen LogP contribution is -2.34. The van der Waals surface area contributed by atoms with Crippen LogP contribution in [-0.4, -0.2) is 37.8 Å². The molecule has 1 aromatic carbocycles. The summed E-state index contributed by atoms with van der Waals surface area (Å²) in [5.74, 6) is -0.118. The maximum absolute atomic E-state index is 12.8. The molecule has 29 heavy (non-hydrogen) atoms. The maximum Gasteiger partial charge on any atom is 0.341 e. The molecular formula is C20H22N2O5S2. The Balaban J connectivity index is 1.80. The van der Waals surface area contributed by atoms with Gasteiger partial charge in [-0.15, -0.1) is 11.3 Å². The fraction of sp³-hybridized carbons (Fsp3) is 0.350. The number of aryl methyl sites for hydroxylation is 1. The zero-order valence-corrected chi connectivity index (χ0v) is 18.1. The predicted molar refractivity (Wildman–Crippen MR) is 116 cm³/mol. The van der Waals surface area contributed by atoms with Crippen molar-refractivity contribution in [3.63, 3.8) is 0 Å². The maximum atomic E-state index is 12.8. The lowest BCUT2D eigenvalue weighted by atomic mass is 10.1. The van der Waals surface area contributed by atoms with Gasteiger partial charge in [0.15, 0.2) is 5.11 Å². The van der Waals surface area contributed by atoms with E-state index in [9.17, 15) is 9.59 Å². The normalized spacial score (nSPS) is 12.1. The summed E-state index contributed by atoms with van der Waals surface area (Å²) in [4.78, 5) is 26.4. The van der Waals surface area contributed by atoms with Gasteiger partial charge in [0, 0.05) is 4.88 Å². The van der Waals surface area contributed by atoms with Gasteiger partial charge in [-0.3, -0.25) is 10.1 Å². The number of carbonyl (C=O) groups excluding carboxylic acids is 2. The molecule has 1 aliphatic rings. The molecule has 9 heteroatoms. The lowest BCUT2D eigenvalue weighted by molar-refractivity contribution is 0.0527. The second-order valence-corrected chi connectivity index (χ2v) is 7.74. The highest BCUT2D eigenvalue weighted by Gasteiger charge is 2.28. The summed E-state index contributed by atoms with van der Waals surface area (Å²) < 4.78 is 15.7. The summed E-state index contributed by atoms with van der Waals surface area (Å²) in [6.45, 7) is 2.06. The van der Waals surface area contributed by atoms with Crippen LogP contribution in [-0.2, 0) is 17.6 Å². The number of ether oxygens (including phenoxy) is 3. The van der Waals surface area contributed by atoms with Gasteiger partial charge in [0.25, 0.3) is 5.91 Å². The zero-order valence-electron chi connectivity index (χ0n) is 16.4. The van der Waals surface area contributed by atoms with Crippen molar-refractivity contribution in [3.05, 3.63) is 39.8 Å². The topological polar surface area (TPSA) is 85.9 Å². The van der Waals surface area contributed by atoms with Gasteiger partial charge in [0.2, 0.25) is 0 Å². The number of rotatable bonds is 6. The van der Waals surface area contributed by atoms with Crippen LogP contribution in [0.4, 0.5) is 5.00 Å². The molecule has 0 saturated carbocycles. The molecule has 154 valence electrons. The quantitative estimate of drug-likeness (QED) is 0.531. The van der Waals surface area contributed by atoms with Crippen molar-refractivity contribution >= 4 is 45.5 Å². The highest BCUT2D eigenvalue weighted by molar-refractivity contribution is 7.80. The number of benzene rings is 1. The minimum Gasteiger partial charge on any atom is -0.496 e. The number of thiocarbonyl (C=S) groups is 1. The first kappa shape index (κ1) is 21.1. The van der Waals surface area contributed by atoms with E-state index >= 15 is 0 Å². The van der Waals surface area contributed by atoms with Gasteiger partial charge >= 0.3 is 5.97 Å². The van der Waals surface area contributed by atoms with Gasteiger partial charge in [-0.05, 0) is 56.1 Å². The molecule has 1 heterocycles. The van der Waals surface area contributed by atoms with E-state index in [0.717, 1.165) is 29.7 Å². The number of carbonyl (C=O) groups is 2. The number of amides is 1. The van der Waals surface area contributed by atoms with Gasteiger partial charge in [-0.25, -0.2) is 4.79 Å². The Morgan fingerprint density at radius 2 is 1.83 bits per heavy atom. The largest absolute Gasteiger partial charge is 0.496 e. The van der Waals surface area contributed by atoms with Crippen molar-refractivity contribution < 1.29 is 23.8 Å². The molecule has 0 spiro atoms. The van der Waals surface area contributed by atoms with Crippen LogP contribution < -0.4 is 20.1 Å². The molecule has 0 aliphatic heterocycles. The first-order valence-corrected chi connectivity index (χ1v) is 10.4. The summed E-state index contributed by atoms with van der Waals surface area (Å²) in [6.07, 6.45) is 2.77. The highest BCUT2D eigenvalue weighted by Crippen LogP contribution is 2.39. The van der Waals surface area contributed by atoms with Crippen molar-refractivity contribution in [1.29, 1.82) is 0 Å². The Hall–Kier alpha value is -2.65. The summed E-state index contributed by atoms with van der Waals surface area (Å²) >= 11 is 6.79. The fourth-order valence-electron chi connectivity index (χ4n) is 3.29. The first-order valence-electron chi connectivity index (χ1n) is 9.15. The third kappa shape index (κ3) is 4.35. The van der Waals surface area contributed by atoms with E-state index in [2.05, 4.69) is 10.6 Å². The number of esters is 1. The number of thiophene rings is 1. The lowest BCUT2D eigenvalue weighted by Gasteiger charge is -2.14. The Morgan fingerprint density at radius 3 is 2.45 bits per heavy atom. The molecule has 0 unspecified atom stereocenters. The van der Waals surface area contributed by atoms with Crippen LogP contribution >= 0.6 is 23.6 Å². The third-order valence-electron chi connectivity index (χ3n) is 4.51. The van der Waals surface area contributed by atoms with Crippen LogP contribution in [0.15, 0.2) is 18.2 Å². The fourth-order valence-corrected chi connectivity index (χ4v) is 4.83. The van der Waals surface area contributed by atoms with Gasteiger partial charge < -0.3 is 19.5 Å². The second-order valence-electron chi connectivity index (χ2n) is 6.23. The minimum atomic E-state index is -0.474. The summed E-state index contributed by atoms with van der Waals surface area (Å²) in [6, 6.07) is 5.05. The van der Waals surface area contributed by atoms with Crippen molar-refractivity contribution in [2.45, 2.75) is 26.2 Å². The molecule has 1 amide bonds. The van der Waals surface area contributed by atoms with Gasteiger partial charge in [0.05, 0.1) is 26.4 Å². The molecule has 1 aliphatic carbocycles. The number of anilines is 1. The summed E-state index contributed by atoms with van der Waals surface area (Å²) in [7, 11) is 2.95. The van der Waals surface area contributed by atoms with Crippen LogP contribution in [0.3, 0.4) is 0 Å². The van der Waals surface area contributed by atoms with Crippen molar-refractivity contribution in [2.24, 2.45) is 0 Å². The number of fused-ring (bicyclic) bond motifs is 1. The summed E-state index contributed by atoms with van der Waals surface area (Å²) in [5, 5.41) is 6.29. The molecule has 7 nitrogen and oxygen atoms in total. The van der Waals surface area contributed by atoms with E-state index in [1.807, 2.05) is 0 Å². The Labute approximate surface area is 178 Å². The second kappa shape index (κ2) is 9.23. The SMILES string of the molecule is CCOC(=O)c1c(NC(=S)NC(=O)c2c(OC)cccc2OC)sc2c1CCC2. The standard InChI is InChI=1S/C20H22N2O5S2/c1-4-27-19(24)15-11-7-5-10-14(11)29-18(15)22-20(28)21-17(23)16-12(25-2)8-6-9-13(16)26-3/h6,8-9H,4-5,7,10H2,1-3H3,(H2,21,22,23,28). The Bertz CT molecular complexity index is 932. The highest BCUT2D eigenvalue weighted by atomic mass is 32.1. The van der Waals surface area contributed by atoms with Crippen molar-refractivity contribution in [2.75, 3.05) is 26.1 Å². The van der Waals surface area contributed by atoms with E-state index in [1.54, 1.807) is 25.1 Å². The van der Waals surface area contributed by atoms with E-state index < -0.39 is 5.91 Å². The Kier molecular flexibility index (Phi) is 6.71. The number of hydrogen-bond acceptors (Lipinski definition) is 7. The molecular weight excluding hydrogens is 412 g/mol. The molecule has 2 aromatic rings. The monoisotopic (exact) mass is 434 g/mol. The molecule has 3 rings (SSSR count). The third-order valence-corrected chi connectivity index (χ3v) is 5.92. The van der Waals surface area contributed by atoms with Crippen LogP contribution in [0.5, 0.6) is 11.5 Å². The van der Waals surface area contributed by atoms with Crippen molar-refractivity contribution in [3.8, 4) is 11.5 Å². The zero-order chi connectivity index (χ0) is 21.0. The Morgan fingerprint density at radius 1 is 1.14 bits per heavy atom. The van der Waals surface area contributed by atoms with E-state index in [4.69, 9.17) is 26.4 Å².